The van der Waals surface area contributed by atoms with E-state index in [0.29, 0.717) is 17.2 Å². The van der Waals surface area contributed by atoms with Gasteiger partial charge in [0.1, 0.15) is 5.76 Å². The van der Waals surface area contributed by atoms with Gasteiger partial charge in [0.05, 0.1) is 12.3 Å². The maximum absolute atomic E-state index is 11.3. The molecular formula is C19H23N3O2S. The number of nitrogens with zero attached hydrogens (tertiary/aromatic N) is 1. The number of benzene rings is 1. The van der Waals surface area contributed by atoms with E-state index in [0.717, 1.165) is 24.5 Å². The van der Waals surface area contributed by atoms with Gasteiger partial charge in [0, 0.05) is 17.8 Å². The first-order valence-corrected chi connectivity index (χ1v) is 8.97. The molecule has 0 aliphatic carbocycles. The average molecular weight is 357 g/mol. The lowest BCUT2D eigenvalue weighted by Crippen LogP contribution is -2.38. The van der Waals surface area contributed by atoms with Gasteiger partial charge in [0.15, 0.2) is 10.9 Å². The minimum Gasteiger partial charge on any atom is -0.468 e. The van der Waals surface area contributed by atoms with Crippen molar-refractivity contribution in [2.24, 2.45) is 0 Å². The van der Waals surface area contributed by atoms with Crippen LogP contribution in [0.4, 0.5) is 5.69 Å². The smallest absolute Gasteiger partial charge is 0.170 e. The third-order valence-corrected chi connectivity index (χ3v) is 4.70. The number of rotatable bonds is 6. The predicted octanol–water partition coefficient (Wildman–Crippen LogP) is 3.61. The van der Waals surface area contributed by atoms with Crippen molar-refractivity contribution in [3.63, 3.8) is 0 Å². The summed E-state index contributed by atoms with van der Waals surface area (Å²) in [6.45, 7) is 4.41. The molecule has 0 unspecified atom stereocenters. The van der Waals surface area contributed by atoms with Gasteiger partial charge in [0.2, 0.25) is 0 Å². The molecule has 3 rings (SSSR count). The molecule has 1 atom stereocenters. The molecule has 25 heavy (non-hydrogen) atoms. The molecule has 5 nitrogen and oxygen atoms in total. The van der Waals surface area contributed by atoms with Crippen LogP contribution in [0.15, 0.2) is 47.1 Å². The number of ketones is 1. The molecule has 0 spiro atoms. The van der Waals surface area contributed by atoms with Crippen LogP contribution in [0.1, 0.15) is 41.9 Å². The number of Topliss-reactive ketones (excluding diaryl/α,β-unsaturated/α-hetero) is 1. The summed E-state index contributed by atoms with van der Waals surface area (Å²) in [7, 11) is 0. The second-order valence-corrected chi connectivity index (χ2v) is 6.65. The van der Waals surface area contributed by atoms with E-state index in [1.54, 1.807) is 25.3 Å². The van der Waals surface area contributed by atoms with E-state index < -0.39 is 0 Å². The van der Waals surface area contributed by atoms with Crippen molar-refractivity contribution in [3.8, 4) is 0 Å². The average Bonchev–Trinajstić information content (AvgIpc) is 3.29. The quantitative estimate of drug-likeness (QED) is 0.608. The Kier molecular flexibility index (Phi) is 5.83. The normalized spacial score (nSPS) is 15.7. The number of carbonyl (C=O) groups is 1. The lowest BCUT2D eigenvalue weighted by atomic mass is 10.1. The molecule has 1 aliphatic rings. The first kappa shape index (κ1) is 17.6. The second-order valence-electron chi connectivity index (χ2n) is 6.24. The Morgan fingerprint density at radius 3 is 2.56 bits per heavy atom. The van der Waals surface area contributed by atoms with Crippen molar-refractivity contribution in [2.45, 2.75) is 25.8 Å². The van der Waals surface area contributed by atoms with Crippen molar-refractivity contribution in [2.75, 3.05) is 25.0 Å². The molecule has 0 radical (unpaired) electrons. The summed E-state index contributed by atoms with van der Waals surface area (Å²) >= 11 is 5.40. The zero-order valence-corrected chi connectivity index (χ0v) is 15.1. The van der Waals surface area contributed by atoms with E-state index in [4.69, 9.17) is 16.6 Å². The molecule has 1 aliphatic heterocycles. The van der Waals surface area contributed by atoms with Crippen LogP contribution in [0.5, 0.6) is 0 Å². The van der Waals surface area contributed by atoms with E-state index >= 15 is 0 Å². The van der Waals surface area contributed by atoms with Crippen molar-refractivity contribution in [1.29, 1.82) is 0 Å². The molecule has 2 heterocycles. The van der Waals surface area contributed by atoms with Crippen LogP contribution in [-0.2, 0) is 0 Å². The third kappa shape index (κ3) is 4.67. The monoisotopic (exact) mass is 357 g/mol. The number of carbonyl (C=O) groups excluding carboxylic acids is 1. The Bertz CT molecular complexity index is 707. The Morgan fingerprint density at radius 1 is 1.24 bits per heavy atom. The summed E-state index contributed by atoms with van der Waals surface area (Å²) in [5, 5.41) is 7.01. The molecule has 0 bridgehead atoms. The van der Waals surface area contributed by atoms with Gasteiger partial charge in [0.25, 0.3) is 0 Å². The van der Waals surface area contributed by atoms with Gasteiger partial charge in [-0.3, -0.25) is 9.69 Å². The van der Waals surface area contributed by atoms with Gasteiger partial charge in [-0.05, 0) is 81.5 Å². The molecule has 6 heteroatoms. The van der Waals surface area contributed by atoms with Gasteiger partial charge in [-0.25, -0.2) is 0 Å². The molecule has 1 fully saturated rings. The number of thiocarbonyl (C=S) groups is 1. The summed E-state index contributed by atoms with van der Waals surface area (Å²) in [6, 6.07) is 11.4. The third-order valence-electron chi connectivity index (χ3n) is 4.46. The fourth-order valence-corrected chi connectivity index (χ4v) is 3.30. The molecule has 132 valence electrons. The van der Waals surface area contributed by atoms with Gasteiger partial charge >= 0.3 is 0 Å². The predicted molar refractivity (Wildman–Crippen MR) is 103 cm³/mol. The van der Waals surface area contributed by atoms with Crippen molar-refractivity contribution < 1.29 is 9.21 Å². The van der Waals surface area contributed by atoms with Crippen LogP contribution < -0.4 is 10.6 Å². The first-order valence-electron chi connectivity index (χ1n) is 8.57. The lowest BCUT2D eigenvalue weighted by molar-refractivity contribution is 0.101. The number of hydrogen-bond donors (Lipinski definition) is 2. The van der Waals surface area contributed by atoms with Crippen LogP contribution in [0.25, 0.3) is 0 Å². The summed E-state index contributed by atoms with van der Waals surface area (Å²) in [6.07, 6.45) is 4.16. The van der Waals surface area contributed by atoms with Crippen molar-refractivity contribution in [1.82, 2.24) is 10.2 Å². The molecular weight excluding hydrogens is 334 g/mol. The van der Waals surface area contributed by atoms with E-state index in [-0.39, 0.29) is 11.8 Å². The maximum Gasteiger partial charge on any atom is 0.170 e. The SMILES string of the molecule is CC(=O)c1ccc(NC(=S)NC[C@@H](c2ccco2)N2CCCC2)cc1. The number of hydrogen-bond acceptors (Lipinski definition) is 4. The summed E-state index contributed by atoms with van der Waals surface area (Å²) < 4.78 is 5.62. The Labute approximate surface area is 153 Å². The molecule has 2 aromatic rings. The lowest BCUT2D eigenvalue weighted by Gasteiger charge is -2.26. The Balaban J connectivity index is 1.57. The summed E-state index contributed by atoms with van der Waals surface area (Å²) in [5.74, 6) is 1.02. The fraction of sp³-hybridized carbons (Fsp3) is 0.368. The zero-order chi connectivity index (χ0) is 17.6. The number of nitrogens with one attached hydrogen (secondary N) is 2. The van der Waals surface area contributed by atoms with Gasteiger partial charge in [-0.15, -0.1) is 0 Å². The standard InChI is InChI=1S/C19H23N3O2S/c1-14(23)15-6-8-16(9-7-15)21-19(25)20-13-17(18-5-4-12-24-18)22-10-2-3-11-22/h4-9,12,17H,2-3,10-11,13H2,1H3,(H2,20,21,25)/t17-/m0/s1. The minimum absolute atomic E-state index is 0.0548. The largest absolute Gasteiger partial charge is 0.468 e. The zero-order valence-electron chi connectivity index (χ0n) is 14.3. The Hall–Kier alpha value is -2.18. The van der Waals surface area contributed by atoms with E-state index in [1.807, 2.05) is 24.3 Å². The molecule has 2 N–H and O–H groups in total. The van der Waals surface area contributed by atoms with Gasteiger partial charge < -0.3 is 15.1 Å². The highest BCUT2D eigenvalue weighted by molar-refractivity contribution is 7.80. The van der Waals surface area contributed by atoms with E-state index in [2.05, 4.69) is 15.5 Å². The van der Waals surface area contributed by atoms with Gasteiger partial charge in [-0.1, -0.05) is 0 Å². The number of anilines is 1. The highest BCUT2D eigenvalue weighted by Gasteiger charge is 2.25. The van der Waals surface area contributed by atoms with Crippen LogP contribution in [0, 0.1) is 0 Å². The van der Waals surface area contributed by atoms with E-state index in [9.17, 15) is 4.79 Å². The highest BCUT2D eigenvalue weighted by Crippen LogP contribution is 2.24. The topological polar surface area (TPSA) is 57.5 Å². The molecule has 0 amide bonds. The first-order chi connectivity index (χ1) is 12.1. The van der Waals surface area contributed by atoms with Gasteiger partial charge in [-0.2, -0.15) is 0 Å². The fourth-order valence-electron chi connectivity index (χ4n) is 3.10. The highest BCUT2D eigenvalue weighted by atomic mass is 32.1. The van der Waals surface area contributed by atoms with Crippen LogP contribution in [-0.4, -0.2) is 35.4 Å². The van der Waals surface area contributed by atoms with Crippen LogP contribution in [0.2, 0.25) is 0 Å². The molecule has 1 aromatic heterocycles. The van der Waals surface area contributed by atoms with E-state index in [1.165, 1.54) is 12.8 Å². The maximum atomic E-state index is 11.3. The molecule has 1 aromatic carbocycles. The second kappa shape index (κ2) is 8.27. The number of likely N-dealkylation sites (tertiary alicyclic amines) is 1. The van der Waals surface area contributed by atoms with Crippen molar-refractivity contribution >= 4 is 28.8 Å². The summed E-state index contributed by atoms with van der Waals surface area (Å²) in [5.41, 5.74) is 1.55. The summed E-state index contributed by atoms with van der Waals surface area (Å²) in [4.78, 5) is 13.7. The van der Waals surface area contributed by atoms with Crippen LogP contribution >= 0.6 is 12.2 Å². The molecule has 1 saturated heterocycles. The van der Waals surface area contributed by atoms with Crippen LogP contribution in [0.3, 0.4) is 0 Å². The minimum atomic E-state index is 0.0548. The number of furan rings is 1. The Morgan fingerprint density at radius 2 is 1.96 bits per heavy atom. The molecule has 0 saturated carbocycles. The van der Waals surface area contributed by atoms with Crippen molar-refractivity contribution in [3.05, 3.63) is 54.0 Å².